The molecule has 7 nitrogen and oxygen atoms in total. The molecule has 1 unspecified atom stereocenters. The lowest BCUT2D eigenvalue weighted by atomic mass is 9.91. The summed E-state index contributed by atoms with van der Waals surface area (Å²) in [5, 5.41) is 53.8. The zero-order valence-corrected chi connectivity index (χ0v) is 21.0. The maximum atomic E-state index is 13.0. The molecule has 0 fully saturated rings. The predicted molar refractivity (Wildman–Crippen MR) is 152 cm³/mol. The minimum Gasteiger partial charge on any atom is -0.508 e. The van der Waals surface area contributed by atoms with Crippen LogP contribution in [-0.2, 0) is 9.59 Å². The second kappa shape index (κ2) is 10.8. The Morgan fingerprint density at radius 2 is 1.12 bits per heavy atom. The fourth-order valence-electron chi connectivity index (χ4n) is 4.63. The zero-order valence-electron chi connectivity index (χ0n) is 21.0. The summed E-state index contributed by atoms with van der Waals surface area (Å²) in [5.41, 5.74) is 0.595. The van der Waals surface area contributed by atoms with E-state index in [0.29, 0.717) is 11.1 Å². The summed E-state index contributed by atoms with van der Waals surface area (Å²) in [4.78, 5) is 25.9. The van der Waals surface area contributed by atoms with Gasteiger partial charge in [0.05, 0.1) is 16.7 Å². The van der Waals surface area contributed by atoms with Crippen LogP contribution in [0.2, 0.25) is 0 Å². The number of aliphatic hydroxyl groups excluding tert-OH is 3. The van der Waals surface area contributed by atoms with Crippen molar-refractivity contribution in [2.45, 2.75) is 6.10 Å². The topological polar surface area (TPSA) is 135 Å². The number of rotatable bonds is 5. The molecule has 2 aliphatic carbocycles. The highest BCUT2D eigenvalue weighted by Gasteiger charge is 2.43. The van der Waals surface area contributed by atoms with Crippen molar-refractivity contribution < 1.29 is 35.1 Å². The number of allylic oxidation sites excluding steroid dienone is 5. The molecule has 0 saturated heterocycles. The normalized spacial score (nSPS) is 19.6. The van der Waals surface area contributed by atoms with E-state index in [2.05, 4.69) is 0 Å². The van der Waals surface area contributed by atoms with Crippen molar-refractivity contribution >= 4 is 35.4 Å². The van der Waals surface area contributed by atoms with Crippen LogP contribution >= 0.6 is 0 Å². The van der Waals surface area contributed by atoms with Crippen LogP contribution in [0.5, 0.6) is 11.5 Å². The van der Waals surface area contributed by atoms with Gasteiger partial charge in [-0.2, -0.15) is 0 Å². The Labute approximate surface area is 229 Å². The lowest BCUT2D eigenvalue weighted by molar-refractivity contribution is -0.130. The molecular weight excluding hydrogens is 508 g/mol. The van der Waals surface area contributed by atoms with Crippen LogP contribution in [0.3, 0.4) is 0 Å². The Hall–Kier alpha value is -5.40. The minimum absolute atomic E-state index is 0.357. The third-order valence-electron chi connectivity index (χ3n) is 6.53. The molecule has 0 bridgehead atoms. The second-order valence-corrected chi connectivity index (χ2v) is 9.23. The molecule has 0 aliphatic heterocycles. The van der Waals surface area contributed by atoms with Crippen LogP contribution in [0.1, 0.15) is 22.3 Å². The van der Waals surface area contributed by atoms with E-state index in [1.165, 1.54) is 24.3 Å². The quantitative estimate of drug-likeness (QED) is 0.168. The van der Waals surface area contributed by atoms with Gasteiger partial charge in [-0.25, -0.2) is 0 Å². The number of aliphatic hydroxyl groups is 3. The first kappa shape index (κ1) is 26.2. The molecule has 198 valence electrons. The number of hydrogen-bond acceptors (Lipinski definition) is 7. The average Bonchev–Trinajstić information content (AvgIpc) is 3.15. The van der Waals surface area contributed by atoms with E-state index in [4.69, 9.17) is 0 Å². The number of benzene rings is 3. The van der Waals surface area contributed by atoms with Gasteiger partial charge in [-0.15, -0.1) is 0 Å². The van der Waals surface area contributed by atoms with Crippen LogP contribution in [0.15, 0.2) is 119 Å². The van der Waals surface area contributed by atoms with Crippen molar-refractivity contribution in [3.63, 3.8) is 0 Å². The summed E-state index contributed by atoms with van der Waals surface area (Å²) in [7, 11) is 0. The highest BCUT2D eigenvalue weighted by atomic mass is 16.3. The molecule has 3 aromatic rings. The summed E-state index contributed by atoms with van der Waals surface area (Å²) in [5.74, 6) is -4.85. The van der Waals surface area contributed by atoms with Crippen molar-refractivity contribution in [3.05, 3.63) is 142 Å². The fourth-order valence-corrected chi connectivity index (χ4v) is 4.63. The predicted octanol–water partition coefficient (Wildman–Crippen LogP) is 5.44. The van der Waals surface area contributed by atoms with Crippen LogP contribution in [0.25, 0.3) is 23.8 Å². The van der Waals surface area contributed by atoms with Crippen LogP contribution < -0.4 is 0 Å². The first-order chi connectivity index (χ1) is 19.2. The molecule has 0 amide bonds. The Morgan fingerprint density at radius 3 is 1.68 bits per heavy atom. The number of phenolic OH excluding ortho intramolecular Hbond substituents is 2. The monoisotopic (exact) mass is 532 g/mol. The molecule has 40 heavy (non-hydrogen) atoms. The molecule has 0 saturated carbocycles. The van der Waals surface area contributed by atoms with Crippen molar-refractivity contribution in [3.8, 4) is 11.5 Å². The van der Waals surface area contributed by atoms with Gasteiger partial charge in [0.25, 0.3) is 0 Å². The van der Waals surface area contributed by atoms with Gasteiger partial charge in [0.1, 0.15) is 29.1 Å². The van der Waals surface area contributed by atoms with Gasteiger partial charge in [-0.3, -0.25) is 9.59 Å². The van der Waals surface area contributed by atoms with E-state index >= 15 is 0 Å². The van der Waals surface area contributed by atoms with Crippen LogP contribution in [0, 0.1) is 0 Å². The second-order valence-electron chi connectivity index (χ2n) is 9.23. The molecule has 5 N–H and O–H groups in total. The molecule has 1 atom stereocenters. The lowest BCUT2D eigenvalue weighted by Crippen LogP contribution is -2.20. The van der Waals surface area contributed by atoms with E-state index in [0.717, 1.165) is 11.1 Å². The fraction of sp³-hybridized carbons (Fsp3) is 0.0303. The Bertz CT molecular complexity index is 1680. The lowest BCUT2D eigenvalue weighted by Gasteiger charge is -2.19. The standard InChI is InChI=1S/C33H24O7/c34-23-15-21(13-11-19-7-3-1-4-8-19)16-24(35)27(23)29-31(38)30(33(40)32(29)39)28-25(36)17-22(18-26(28)37)14-12-20-9-5-2-6-10-20/h1-18,23,34-38H/b13-11+,14-12+,29-27-. The third-order valence-corrected chi connectivity index (χ3v) is 6.53. The number of carbonyl (C=O) groups excluding carboxylic acids is 2. The molecular formula is C33H24O7. The van der Waals surface area contributed by atoms with Crippen molar-refractivity contribution in [2.24, 2.45) is 0 Å². The van der Waals surface area contributed by atoms with Gasteiger partial charge in [0.2, 0.25) is 11.6 Å². The van der Waals surface area contributed by atoms with E-state index in [-0.39, 0.29) is 5.57 Å². The molecule has 0 heterocycles. The Kier molecular flexibility index (Phi) is 7.05. The maximum absolute atomic E-state index is 13.0. The molecule has 5 rings (SSSR count). The maximum Gasteiger partial charge on any atom is 0.238 e. The van der Waals surface area contributed by atoms with E-state index in [1.807, 2.05) is 60.7 Å². The van der Waals surface area contributed by atoms with Crippen LogP contribution in [0.4, 0.5) is 0 Å². The van der Waals surface area contributed by atoms with E-state index in [1.54, 1.807) is 24.3 Å². The summed E-state index contributed by atoms with van der Waals surface area (Å²) in [6.45, 7) is 0. The van der Waals surface area contributed by atoms with Gasteiger partial charge in [0.15, 0.2) is 0 Å². The highest BCUT2D eigenvalue weighted by Crippen LogP contribution is 2.43. The number of ketones is 2. The largest absolute Gasteiger partial charge is 0.508 e. The number of hydrogen-bond donors (Lipinski definition) is 5. The molecule has 7 heteroatoms. The van der Waals surface area contributed by atoms with Gasteiger partial charge >= 0.3 is 0 Å². The van der Waals surface area contributed by atoms with Crippen molar-refractivity contribution in [1.82, 2.24) is 0 Å². The smallest absolute Gasteiger partial charge is 0.238 e. The molecule has 2 aliphatic rings. The number of phenols is 2. The van der Waals surface area contributed by atoms with Gasteiger partial charge in [-0.05, 0) is 46.5 Å². The zero-order chi connectivity index (χ0) is 28.4. The van der Waals surface area contributed by atoms with Crippen molar-refractivity contribution in [1.29, 1.82) is 0 Å². The summed E-state index contributed by atoms with van der Waals surface area (Å²) < 4.78 is 0. The Balaban J connectivity index is 1.51. The van der Waals surface area contributed by atoms with Crippen molar-refractivity contribution in [2.75, 3.05) is 0 Å². The van der Waals surface area contributed by atoms with Gasteiger partial charge < -0.3 is 25.5 Å². The van der Waals surface area contributed by atoms with Crippen LogP contribution in [-0.4, -0.2) is 43.2 Å². The SMILES string of the molecule is O=C1C(=O)/C(=C2\C(O)=CC(/C=C/c3ccccc3)=CC2O)C(O)=C1c1c(O)cc(/C=C/c2ccccc2)cc1O. The first-order valence-corrected chi connectivity index (χ1v) is 12.3. The molecule has 3 aromatic carbocycles. The summed E-state index contributed by atoms with van der Waals surface area (Å²) >= 11 is 0. The molecule has 0 spiro atoms. The first-order valence-electron chi connectivity index (χ1n) is 12.3. The number of carbonyl (C=O) groups is 2. The number of aromatic hydroxyl groups is 2. The number of Topliss-reactive ketones (excluding diaryl/α,β-unsaturated/α-hetero) is 2. The average molecular weight is 533 g/mol. The van der Waals surface area contributed by atoms with E-state index in [9.17, 15) is 35.1 Å². The Morgan fingerprint density at radius 1 is 0.625 bits per heavy atom. The van der Waals surface area contributed by atoms with E-state index < -0.39 is 57.4 Å². The van der Waals surface area contributed by atoms with Gasteiger partial charge in [0, 0.05) is 5.57 Å². The molecule has 0 aromatic heterocycles. The molecule has 0 radical (unpaired) electrons. The van der Waals surface area contributed by atoms with Gasteiger partial charge in [-0.1, -0.05) is 85.0 Å². The summed E-state index contributed by atoms with van der Waals surface area (Å²) in [6.07, 6.45) is 7.94. The summed E-state index contributed by atoms with van der Waals surface area (Å²) in [6, 6.07) is 21.2. The third kappa shape index (κ3) is 5.01. The highest BCUT2D eigenvalue weighted by molar-refractivity contribution is 6.63. The minimum atomic E-state index is -1.53.